The fraction of sp³-hybridized carbons (Fsp3) is 0.533. The van der Waals surface area contributed by atoms with Gasteiger partial charge >= 0.3 is 0 Å². The molecule has 7 nitrogen and oxygen atoms in total. The van der Waals surface area contributed by atoms with Crippen molar-refractivity contribution in [2.45, 2.75) is 39.2 Å². The molecule has 2 aromatic heterocycles. The van der Waals surface area contributed by atoms with Crippen molar-refractivity contribution in [3.05, 3.63) is 28.7 Å². The summed E-state index contributed by atoms with van der Waals surface area (Å²) in [5.41, 5.74) is 0.765. The zero-order chi connectivity index (χ0) is 16.1. The molecule has 0 aliphatic carbocycles. The third-order valence-corrected chi connectivity index (χ3v) is 4.54. The number of nitrogens with one attached hydrogen (secondary N) is 1. The Morgan fingerprint density at radius 1 is 1.39 bits per heavy atom. The lowest BCUT2D eigenvalue weighted by Gasteiger charge is -2.16. The number of rotatable bonds is 6. The molecule has 1 amide bonds. The van der Waals surface area contributed by atoms with Crippen LogP contribution in [0.2, 0.25) is 0 Å². The van der Waals surface area contributed by atoms with Crippen molar-refractivity contribution in [2.75, 3.05) is 18.0 Å². The molecule has 0 radical (unpaired) electrons. The van der Waals surface area contributed by atoms with E-state index in [4.69, 9.17) is 0 Å². The van der Waals surface area contributed by atoms with Crippen LogP contribution in [0.5, 0.6) is 0 Å². The van der Waals surface area contributed by atoms with Gasteiger partial charge in [-0.05, 0) is 36.9 Å². The lowest BCUT2D eigenvalue weighted by atomic mass is 10.2. The van der Waals surface area contributed by atoms with Crippen LogP contribution >= 0.6 is 11.5 Å². The van der Waals surface area contributed by atoms with Gasteiger partial charge in [0.2, 0.25) is 0 Å². The van der Waals surface area contributed by atoms with Crippen LogP contribution < -0.4 is 10.2 Å². The predicted octanol–water partition coefficient (Wildman–Crippen LogP) is 1.81. The van der Waals surface area contributed by atoms with Crippen LogP contribution in [-0.2, 0) is 13.0 Å². The van der Waals surface area contributed by atoms with E-state index >= 15 is 0 Å². The molecule has 0 aromatic carbocycles. The Morgan fingerprint density at radius 3 is 3.00 bits per heavy atom. The Kier molecular flexibility index (Phi) is 5.12. The summed E-state index contributed by atoms with van der Waals surface area (Å²) >= 11 is 1.13. The molecule has 3 rings (SSSR count). The number of hydrogen-bond donors (Lipinski definition) is 1. The van der Waals surface area contributed by atoms with E-state index in [0.29, 0.717) is 17.2 Å². The number of nitrogens with zero attached hydrogens (tertiary/aromatic N) is 5. The van der Waals surface area contributed by atoms with E-state index in [1.807, 2.05) is 6.07 Å². The maximum Gasteiger partial charge on any atom is 0.265 e. The van der Waals surface area contributed by atoms with Crippen LogP contribution in [0.3, 0.4) is 0 Å². The maximum atomic E-state index is 12.3. The van der Waals surface area contributed by atoms with Crippen molar-refractivity contribution in [3.63, 3.8) is 0 Å². The molecule has 0 saturated carbocycles. The molecule has 0 bridgehead atoms. The second kappa shape index (κ2) is 7.45. The molecule has 8 heteroatoms. The molecule has 1 N–H and O–H groups in total. The average molecular weight is 332 g/mol. The van der Waals surface area contributed by atoms with Crippen molar-refractivity contribution in [3.8, 4) is 0 Å². The van der Waals surface area contributed by atoms with Crippen LogP contribution in [0, 0.1) is 0 Å². The predicted molar refractivity (Wildman–Crippen MR) is 88.6 cm³/mol. The molecule has 1 fully saturated rings. The SMILES string of the molecule is CCCc1nnsc1C(=O)NCc1nccc(N2CCCC2)n1. The minimum absolute atomic E-state index is 0.154. The summed E-state index contributed by atoms with van der Waals surface area (Å²) < 4.78 is 3.88. The molecule has 0 atom stereocenters. The Labute approximate surface area is 139 Å². The highest BCUT2D eigenvalue weighted by Gasteiger charge is 2.17. The molecule has 0 spiro atoms. The Bertz CT molecular complexity index is 667. The van der Waals surface area contributed by atoms with E-state index in [9.17, 15) is 4.79 Å². The molecule has 0 unspecified atom stereocenters. The van der Waals surface area contributed by atoms with Crippen molar-refractivity contribution < 1.29 is 4.79 Å². The Morgan fingerprint density at radius 2 is 2.22 bits per heavy atom. The first kappa shape index (κ1) is 15.8. The highest BCUT2D eigenvalue weighted by molar-refractivity contribution is 7.08. The number of carbonyl (C=O) groups is 1. The number of hydrogen-bond acceptors (Lipinski definition) is 7. The van der Waals surface area contributed by atoms with Crippen molar-refractivity contribution in [1.29, 1.82) is 0 Å². The molecule has 1 saturated heterocycles. The Balaban J connectivity index is 1.62. The van der Waals surface area contributed by atoms with Crippen LogP contribution in [-0.4, -0.2) is 38.6 Å². The number of carbonyl (C=O) groups excluding carboxylic acids is 1. The van der Waals surface area contributed by atoms with Gasteiger partial charge in [-0.2, -0.15) is 0 Å². The molecule has 2 aromatic rings. The van der Waals surface area contributed by atoms with Crippen LogP contribution in [0.4, 0.5) is 5.82 Å². The van der Waals surface area contributed by atoms with Gasteiger partial charge in [0.25, 0.3) is 5.91 Å². The summed E-state index contributed by atoms with van der Waals surface area (Å²) in [6.07, 6.45) is 5.86. The van der Waals surface area contributed by atoms with E-state index in [-0.39, 0.29) is 5.91 Å². The van der Waals surface area contributed by atoms with Gasteiger partial charge in [-0.3, -0.25) is 4.79 Å². The molecule has 23 heavy (non-hydrogen) atoms. The molecule has 1 aliphatic rings. The number of amides is 1. The zero-order valence-corrected chi connectivity index (χ0v) is 14.0. The van der Waals surface area contributed by atoms with Gasteiger partial charge in [-0.1, -0.05) is 17.8 Å². The van der Waals surface area contributed by atoms with Crippen LogP contribution in [0.15, 0.2) is 12.3 Å². The normalized spacial score (nSPS) is 14.2. The van der Waals surface area contributed by atoms with E-state index < -0.39 is 0 Å². The number of aromatic nitrogens is 4. The van der Waals surface area contributed by atoms with Gasteiger partial charge in [0, 0.05) is 19.3 Å². The van der Waals surface area contributed by atoms with E-state index in [0.717, 1.165) is 49.0 Å². The second-order valence-electron chi connectivity index (χ2n) is 5.51. The quantitative estimate of drug-likeness (QED) is 0.868. The standard InChI is InChI=1S/C15H20N6OS/c1-2-5-11-14(23-20-19-11)15(22)17-10-12-16-7-6-13(18-12)21-8-3-4-9-21/h6-7H,2-5,8-10H2,1H3,(H,17,22). The number of anilines is 1. The highest BCUT2D eigenvalue weighted by Crippen LogP contribution is 2.17. The molecule has 1 aliphatic heterocycles. The minimum atomic E-state index is -0.154. The second-order valence-corrected chi connectivity index (χ2v) is 6.26. The van der Waals surface area contributed by atoms with Gasteiger partial charge in [-0.25, -0.2) is 9.97 Å². The van der Waals surface area contributed by atoms with Crippen LogP contribution in [0.1, 0.15) is 47.4 Å². The van der Waals surface area contributed by atoms with Gasteiger partial charge < -0.3 is 10.2 Å². The fourth-order valence-electron chi connectivity index (χ4n) is 2.62. The van der Waals surface area contributed by atoms with Crippen molar-refractivity contribution in [1.82, 2.24) is 24.9 Å². The van der Waals surface area contributed by atoms with E-state index in [1.165, 1.54) is 12.8 Å². The lowest BCUT2D eigenvalue weighted by Crippen LogP contribution is -2.25. The molecular weight excluding hydrogens is 312 g/mol. The maximum absolute atomic E-state index is 12.3. The minimum Gasteiger partial charge on any atom is -0.357 e. The van der Waals surface area contributed by atoms with Gasteiger partial charge in [0.05, 0.1) is 12.2 Å². The molecule has 3 heterocycles. The summed E-state index contributed by atoms with van der Waals surface area (Å²) in [5, 5.41) is 6.88. The largest absolute Gasteiger partial charge is 0.357 e. The first-order valence-corrected chi connectivity index (χ1v) is 8.71. The van der Waals surface area contributed by atoms with Crippen molar-refractivity contribution >= 4 is 23.3 Å². The average Bonchev–Trinajstić information content (AvgIpc) is 3.25. The summed E-state index contributed by atoms with van der Waals surface area (Å²) in [4.78, 5) is 23.9. The Hall–Kier alpha value is -2.09. The summed E-state index contributed by atoms with van der Waals surface area (Å²) in [6, 6.07) is 1.92. The third-order valence-electron chi connectivity index (χ3n) is 3.78. The first-order chi connectivity index (χ1) is 11.3. The smallest absolute Gasteiger partial charge is 0.265 e. The van der Waals surface area contributed by atoms with Crippen LogP contribution in [0.25, 0.3) is 0 Å². The summed E-state index contributed by atoms with van der Waals surface area (Å²) in [7, 11) is 0. The first-order valence-electron chi connectivity index (χ1n) is 7.94. The van der Waals surface area contributed by atoms with Gasteiger partial charge in [0.1, 0.15) is 16.5 Å². The lowest BCUT2D eigenvalue weighted by molar-refractivity contribution is 0.0953. The molecule has 122 valence electrons. The highest BCUT2D eigenvalue weighted by atomic mass is 32.1. The van der Waals surface area contributed by atoms with Gasteiger partial charge in [0.15, 0.2) is 0 Å². The topological polar surface area (TPSA) is 83.9 Å². The van der Waals surface area contributed by atoms with E-state index in [1.54, 1.807) is 6.20 Å². The monoisotopic (exact) mass is 332 g/mol. The third kappa shape index (κ3) is 3.82. The van der Waals surface area contributed by atoms with Crippen molar-refractivity contribution in [2.24, 2.45) is 0 Å². The zero-order valence-electron chi connectivity index (χ0n) is 13.2. The summed E-state index contributed by atoms with van der Waals surface area (Å²) in [6.45, 7) is 4.44. The molecular formula is C15H20N6OS. The fourth-order valence-corrected chi connectivity index (χ4v) is 3.24. The van der Waals surface area contributed by atoms with Gasteiger partial charge in [-0.15, -0.1) is 5.10 Å². The van der Waals surface area contributed by atoms with E-state index in [2.05, 4.69) is 36.7 Å². The summed E-state index contributed by atoms with van der Waals surface area (Å²) in [5.74, 6) is 1.41. The number of aryl methyl sites for hydroxylation is 1.